The third kappa shape index (κ3) is 4.49. The normalized spacial score (nSPS) is 15.2. The van der Waals surface area contributed by atoms with Gasteiger partial charge in [-0.15, -0.1) is 11.8 Å². The van der Waals surface area contributed by atoms with E-state index in [4.69, 9.17) is 5.14 Å². The lowest BCUT2D eigenvalue weighted by Crippen LogP contribution is -2.43. The van der Waals surface area contributed by atoms with Crippen molar-refractivity contribution in [2.45, 2.75) is 22.8 Å². The summed E-state index contributed by atoms with van der Waals surface area (Å²) in [4.78, 5) is 27.1. The lowest BCUT2D eigenvalue weighted by molar-refractivity contribution is -0.123. The van der Waals surface area contributed by atoms with Crippen LogP contribution in [0.15, 0.2) is 58.3 Å². The molecule has 0 radical (unpaired) electrons. The van der Waals surface area contributed by atoms with E-state index in [1.165, 1.54) is 28.8 Å². The van der Waals surface area contributed by atoms with Gasteiger partial charge in [0.05, 0.1) is 22.4 Å². The third-order valence-electron chi connectivity index (χ3n) is 4.20. The molecule has 0 aromatic heterocycles. The second-order valence-electron chi connectivity index (χ2n) is 6.14. The van der Waals surface area contributed by atoms with Crippen molar-refractivity contribution >= 4 is 39.3 Å². The molecule has 1 aliphatic heterocycles. The van der Waals surface area contributed by atoms with Crippen LogP contribution < -0.4 is 15.4 Å². The molecule has 0 saturated heterocycles. The molecule has 1 atom stereocenters. The van der Waals surface area contributed by atoms with Crippen molar-refractivity contribution in [3.63, 3.8) is 0 Å². The standard InChI is InChI=1S/C18H19N3O4S2/c1-12(13-6-8-14(9-7-13)27(19,24)25)20-17(22)10-21-15-4-2-3-5-16(15)26-11-18(21)23/h2-9,12H,10-11H2,1H3,(H,20,22)(H2,19,24,25)/t12-/m0/s1. The number of amides is 2. The van der Waals surface area contributed by atoms with Crippen molar-refractivity contribution in [3.05, 3.63) is 54.1 Å². The van der Waals surface area contributed by atoms with Crippen LogP contribution in [-0.2, 0) is 19.6 Å². The van der Waals surface area contributed by atoms with Gasteiger partial charge in [0, 0.05) is 4.90 Å². The average molecular weight is 406 g/mol. The van der Waals surface area contributed by atoms with Crippen LogP contribution in [0, 0.1) is 0 Å². The lowest BCUT2D eigenvalue weighted by atomic mass is 10.1. The van der Waals surface area contributed by atoms with E-state index in [0.29, 0.717) is 5.75 Å². The number of benzene rings is 2. The van der Waals surface area contributed by atoms with Gasteiger partial charge in [0.15, 0.2) is 0 Å². The zero-order valence-corrected chi connectivity index (χ0v) is 16.2. The van der Waals surface area contributed by atoms with Gasteiger partial charge in [0.25, 0.3) is 0 Å². The Labute approximate surface area is 162 Å². The van der Waals surface area contributed by atoms with Crippen molar-refractivity contribution in [1.82, 2.24) is 5.32 Å². The van der Waals surface area contributed by atoms with Crippen molar-refractivity contribution in [1.29, 1.82) is 0 Å². The van der Waals surface area contributed by atoms with Crippen LogP contribution in [0.5, 0.6) is 0 Å². The molecule has 9 heteroatoms. The Morgan fingerprint density at radius 1 is 1.22 bits per heavy atom. The van der Waals surface area contributed by atoms with Crippen molar-refractivity contribution in [3.8, 4) is 0 Å². The summed E-state index contributed by atoms with van der Waals surface area (Å²) in [6, 6.07) is 13.1. The zero-order chi connectivity index (χ0) is 19.6. The molecule has 0 aliphatic carbocycles. The fourth-order valence-electron chi connectivity index (χ4n) is 2.79. The van der Waals surface area contributed by atoms with E-state index < -0.39 is 10.0 Å². The van der Waals surface area contributed by atoms with Gasteiger partial charge < -0.3 is 10.2 Å². The van der Waals surface area contributed by atoms with E-state index >= 15 is 0 Å². The molecule has 1 aliphatic rings. The summed E-state index contributed by atoms with van der Waals surface area (Å²) in [5, 5.41) is 7.92. The average Bonchev–Trinajstić information content (AvgIpc) is 2.63. The predicted molar refractivity (Wildman–Crippen MR) is 104 cm³/mol. The Kier molecular flexibility index (Phi) is 5.54. The van der Waals surface area contributed by atoms with E-state index in [2.05, 4.69) is 5.32 Å². The largest absolute Gasteiger partial charge is 0.348 e. The molecule has 142 valence electrons. The smallest absolute Gasteiger partial charge is 0.240 e. The minimum Gasteiger partial charge on any atom is -0.348 e. The number of rotatable bonds is 5. The monoisotopic (exact) mass is 405 g/mol. The van der Waals surface area contributed by atoms with Gasteiger partial charge in [-0.1, -0.05) is 24.3 Å². The maximum Gasteiger partial charge on any atom is 0.240 e. The van der Waals surface area contributed by atoms with Crippen LogP contribution >= 0.6 is 11.8 Å². The number of carbonyl (C=O) groups is 2. The minimum atomic E-state index is -3.76. The van der Waals surface area contributed by atoms with E-state index in [1.807, 2.05) is 24.3 Å². The Hall–Kier alpha value is -2.36. The van der Waals surface area contributed by atoms with E-state index in [9.17, 15) is 18.0 Å². The fraction of sp³-hybridized carbons (Fsp3) is 0.222. The van der Waals surface area contributed by atoms with Crippen molar-refractivity contribution in [2.24, 2.45) is 5.14 Å². The number of primary sulfonamides is 1. The summed E-state index contributed by atoms with van der Waals surface area (Å²) in [6.45, 7) is 1.71. The topological polar surface area (TPSA) is 110 Å². The molecule has 0 bridgehead atoms. The lowest BCUT2D eigenvalue weighted by Gasteiger charge is -2.28. The van der Waals surface area contributed by atoms with E-state index in [-0.39, 0.29) is 29.3 Å². The molecule has 0 saturated carbocycles. The highest BCUT2D eigenvalue weighted by Gasteiger charge is 2.26. The molecule has 2 aromatic rings. The molecule has 0 unspecified atom stereocenters. The minimum absolute atomic E-state index is 0.0118. The number of thioether (sulfide) groups is 1. The first kappa shape index (κ1) is 19.4. The number of nitrogens with two attached hydrogens (primary N) is 1. The first-order valence-electron chi connectivity index (χ1n) is 8.20. The molecular formula is C18H19N3O4S2. The maximum absolute atomic E-state index is 12.4. The number of anilines is 1. The third-order valence-corrected chi connectivity index (χ3v) is 6.17. The van der Waals surface area contributed by atoms with Crippen LogP contribution in [0.25, 0.3) is 0 Å². The number of para-hydroxylation sites is 1. The summed E-state index contributed by atoms with van der Waals surface area (Å²) in [5.41, 5.74) is 1.47. The SMILES string of the molecule is C[C@H](NC(=O)CN1C(=O)CSc2ccccc21)c1ccc(S(N)(=O)=O)cc1. The molecule has 2 amide bonds. The molecule has 2 aromatic carbocycles. The van der Waals surface area contributed by atoms with Gasteiger partial charge in [-0.3, -0.25) is 9.59 Å². The Balaban J connectivity index is 1.68. The van der Waals surface area contributed by atoms with Crippen LogP contribution in [0.2, 0.25) is 0 Å². The van der Waals surface area contributed by atoms with Crippen LogP contribution in [0.3, 0.4) is 0 Å². The van der Waals surface area contributed by atoms with Gasteiger partial charge >= 0.3 is 0 Å². The Morgan fingerprint density at radius 2 is 1.89 bits per heavy atom. The molecule has 27 heavy (non-hydrogen) atoms. The maximum atomic E-state index is 12.4. The first-order chi connectivity index (χ1) is 12.8. The van der Waals surface area contributed by atoms with Crippen LogP contribution in [0.4, 0.5) is 5.69 Å². The molecule has 7 nitrogen and oxygen atoms in total. The first-order valence-corrected chi connectivity index (χ1v) is 10.7. The van der Waals surface area contributed by atoms with E-state index in [1.54, 1.807) is 19.1 Å². The predicted octanol–water partition coefficient (Wildman–Crippen LogP) is 1.65. The molecule has 3 N–H and O–H groups in total. The van der Waals surface area contributed by atoms with Crippen molar-refractivity contribution < 1.29 is 18.0 Å². The second-order valence-corrected chi connectivity index (χ2v) is 8.72. The summed E-state index contributed by atoms with van der Waals surface area (Å²) in [6.07, 6.45) is 0. The Bertz CT molecular complexity index is 974. The highest BCUT2D eigenvalue weighted by atomic mass is 32.2. The van der Waals surface area contributed by atoms with Gasteiger partial charge in [-0.25, -0.2) is 13.6 Å². The number of carbonyl (C=O) groups excluding carboxylic acids is 2. The van der Waals surface area contributed by atoms with Crippen LogP contribution in [-0.4, -0.2) is 32.5 Å². The second kappa shape index (κ2) is 7.71. The van der Waals surface area contributed by atoms with Gasteiger partial charge in [0.2, 0.25) is 21.8 Å². The molecule has 1 heterocycles. The number of fused-ring (bicyclic) bond motifs is 1. The number of hydrogen-bond donors (Lipinski definition) is 2. The molecule has 3 rings (SSSR count). The highest BCUT2D eigenvalue weighted by Crippen LogP contribution is 2.34. The highest BCUT2D eigenvalue weighted by molar-refractivity contribution is 8.00. The summed E-state index contributed by atoms with van der Waals surface area (Å²) in [7, 11) is -3.76. The molecule has 0 fully saturated rings. The fourth-order valence-corrected chi connectivity index (χ4v) is 4.24. The summed E-state index contributed by atoms with van der Waals surface area (Å²) in [5.74, 6) is -0.110. The number of nitrogens with one attached hydrogen (secondary N) is 1. The van der Waals surface area contributed by atoms with E-state index in [0.717, 1.165) is 16.1 Å². The Morgan fingerprint density at radius 3 is 2.56 bits per heavy atom. The zero-order valence-electron chi connectivity index (χ0n) is 14.6. The van der Waals surface area contributed by atoms with Gasteiger partial charge in [-0.2, -0.15) is 0 Å². The summed E-state index contributed by atoms with van der Waals surface area (Å²) < 4.78 is 22.6. The number of sulfonamides is 1. The number of nitrogens with zero attached hydrogens (tertiary/aromatic N) is 1. The van der Waals surface area contributed by atoms with Gasteiger partial charge in [0.1, 0.15) is 6.54 Å². The van der Waals surface area contributed by atoms with Crippen LogP contribution in [0.1, 0.15) is 18.5 Å². The molecular weight excluding hydrogens is 386 g/mol. The van der Waals surface area contributed by atoms with Crippen molar-refractivity contribution in [2.75, 3.05) is 17.2 Å². The number of hydrogen-bond acceptors (Lipinski definition) is 5. The van der Waals surface area contributed by atoms with Gasteiger partial charge in [-0.05, 0) is 36.8 Å². The summed E-state index contributed by atoms with van der Waals surface area (Å²) >= 11 is 1.46. The molecule has 0 spiro atoms. The quantitative estimate of drug-likeness (QED) is 0.786.